The Morgan fingerprint density at radius 3 is 2.85 bits per heavy atom. The molecule has 27 heavy (non-hydrogen) atoms. The lowest BCUT2D eigenvalue weighted by Gasteiger charge is -2.30. The molecular formula is C20H26N4O3. The minimum atomic E-state index is -0.557. The minimum absolute atomic E-state index is 0.121. The molecule has 3 aliphatic heterocycles. The van der Waals surface area contributed by atoms with Gasteiger partial charge in [-0.25, -0.2) is 0 Å². The SMILES string of the molecule is CC1NCCCC1NCc1ccc2c(c1)CN(C1CCC(=O)NC1=O)C2=O. The first-order chi connectivity index (χ1) is 13.0. The van der Waals surface area contributed by atoms with Crippen LogP contribution in [0.1, 0.15) is 54.1 Å². The summed E-state index contributed by atoms with van der Waals surface area (Å²) in [5, 5.41) is 9.44. The normalized spacial score (nSPS) is 28.3. The van der Waals surface area contributed by atoms with Gasteiger partial charge in [0, 0.05) is 37.2 Å². The highest BCUT2D eigenvalue weighted by atomic mass is 16.2. The lowest BCUT2D eigenvalue weighted by atomic mass is 9.99. The van der Waals surface area contributed by atoms with Gasteiger partial charge in [0.1, 0.15) is 6.04 Å². The van der Waals surface area contributed by atoms with E-state index in [-0.39, 0.29) is 24.1 Å². The molecule has 3 amide bonds. The molecule has 7 heteroatoms. The fraction of sp³-hybridized carbons (Fsp3) is 0.550. The van der Waals surface area contributed by atoms with Crippen LogP contribution < -0.4 is 16.0 Å². The lowest BCUT2D eigenvalue weighted by molar-refractivity contribution is -0.136. The smallest absolute Gasteiger partial charge is 0.255 e. The Kier molecular flexibility index (Phi) is 4.97. The van der Waals surface area contributed by atoms with E-state index in [4.69, 9.17) is 0 Å². The van der Waals surface area contributed by atoms with Crippen LogP contribution in [0.4, 0.5) is 0 Å². The van der Waals surface area contributed by atoms with E-state index in [1.807, 2.05) is 12.1 Å². The van der Waals surface area contributed by atoms with Crippen molar-refractivity contribution in [1.29, 1.82) is 0 Å². The van der Waals surface area contributed by atoms with Gasteiger partial charge in [0.2, 0.25) is 11.8 Å². The van der Waals surface area contributed by atoms with E-state index in [1.54, 1.807) is 4.90 Å². The quantitative estimate of drug-likeness (QED) is 0.678. The zero-order valence-corrected chi connectivity index (χ0v) is 15.6. The summed E-state index contributed by atoms with van der Waals surface area (Å²) >= 11 is 0. The lowest BCUT2D eigenvalue weighted by Crippen LogP contribution is -2.52. The summed E-state index contributed by atoms with van der Waals surface area (Å²) in [6.45, 7) is 4.47. The summed E-state index contributed by atoms with van der Waals surface area (Å²) in [7, 11) is 0. The first-order valence-corrected chi connectivity index (χ1v) is 9.76. The average Bonchev–Trinajstić information content (AvgIpc) is 2.97. The molecule has 3 aliphatic rings. The number of piperidine rings is 2. The van der Waals surface area contributed by atoms with Crippen molar-refractivity contribution in [3.05, 3.63) is 34.9 Å². The maximum Gasteiger partial charge on any atom is 0.255 e. The molecule has 0 saturated carbocycles. The topological polar surface area (TPSA) is 90.5 Å². The van der Waals surface area contributed by atoms with E-state index in [9.17, 15) is 14.4 Å². The number of imide groups is 1. The fourth-order valence-electron chi connectivity index (χ4n) is 4.31. The molecule has 0 aliphatic carbocycles. The third kappa shape index (κ3) is 3.61. The molecular weight excluding hydrogens is 344 g/mol. The largest absolute Gasteiger partial charge is 0.322 e. The average molecular weight is 370 g/mol. The van der Waals surface area contributed by atoms with Crippen molar-refractivity contribution < 1.29 is 14.4 Å². The molecule has 0 radical (unpaired) electrons. The van der Waals surface area contributed by atoms with Crippen LogP contribution in [0, 0.1) is 0 Å². The number of nitrogens with one attached hydrogen (secondary N) is 3. The van der Waals surface area contributed by atoms with Crippen LogP contribution in [-0.4, -0.2) is 47.3 Å². The van der Waals surface area contributed by atoms with Crippen LogP contribution in [0.3, 0.4) is 0 Å². The molecule has 1 aromatic carbocycles. The van der Waals surface area contributed by atoms with E-state index in [2.05, 4.69) is 28.9 Å². The van der Waals surface area contributed by atoms with E-state index in [1.165, 1.54) is 12.8 Å². The summed E-state index contributed by atoms with van der Waals surface area (Å²) in [6, 6.07) is 6.26. The van der Waals surface area contributed by atoms with Crippen LogP contribution in [0.2, 0.25) is 0 Å². The van der Waals surface area contributed by atoms with Crippen molar-refractivity contribution >= 4 is 17.7 Å². The highest BCUT2D eigenvalue weighted by Crippen LogP contribution is 2.28. The number of nitrogens with zero attached hydrogens (tertiary/aromatic N) is 1. The summed E-state index contributed by atoms with van der Waals surface area (Å²) in [6.07, 6.45) is 3.02. The number of carbonyl (C=O) groups excluding carboxylic acids is 3. The van der Waals surface area contributed by atoms with Crippen molar-refractivity contribution in [3.63, 3.8) is 0 Å². The molecule has 3 N–H and O–H groups in total. The van der Waals surface area contributed by atoms with Crippen molar-refractivity contribution in [2.75, 3.05) is 6.54 Å². The van der Waals surface area contributed by atoms with Gasteiger partial charge in [-0.2, -0.15) is 0 Å². The second kappa shape index (κ2) is 7.40. The molecule has 2 fully saturated rings. The van der Waals surface area contributed by atoms with Crippen molar-refractivity contribution in [2.24, 2.45) is 0 Å². The standard InChI is InChI=1S/C20H26N4O3/c1-12-16(3-2-8-21-12)22-10-13-4-5-15-14(9-13)11-24(20(15)27)17-6-7-18(25)23-19(17)26/h4-5,9,12,16-17,21-22H,2-3,6-8,10-11H2,1H3,(H,23,25,26). The van der Waals surface area contributed by atoms with Crippen molar-refractivity contribution in [3.8, 4) is 0 Å². The van der Waals surface area contributed by atoms with Crippen LogP contribution >= 0.6 is 0 Å². The zero-order chi connectivity index (χ0) is 19.0. The first-order valence-electron chi connectivity index (χ1n) is 9.76. The number of amides is 3. The first kappa shape index (κ1) is 18.1. The van der Waals surface area contributed by atoms with E-state index in [0.717, 1.165) is 24.2 Å². The van der Waals surface area contributed by atoms with Crippen LogP contribution in [0.15, 0.2) is 18.2 Å². The highest BCUT2D eigenvalue weighted by Gasteiger charge is 2.39. The molecule has 1 aromatic rings. The van der Waals surface area contributed by atoms with E-state index in [0.29, 0.717) is 30.6 Å². The maximum absolute atomic E-state index is 12.7. The van der Waals surface area contributed by atoms with Gasteiger partial charge >= 0.3 is 0 Å². The van der Waals surface area contributed by atoms with Crippen molar-refractivity contribution in [1.82, 2.24) is 20.9 Å². The molecule has 3 unspecified atom stereocenters. The third-order valence-corrected chi connectivity index (χ3v) is 5.92. The van der Waals surface area contributed by atoms with Crippen LogP contribution in [0.25, 0.3) is 0 Å². The second-order valence-electron chi connectivity index (χ2n) is 7.76. The number of hydrogen-bond acceptors (Lipinski definition) is 5. The fourth-order valence-corrected chi connectivity index (χ4v) is 4.31. The van der Waals surface area contributed by atoms with Gasteiger partial charge in [-0.1, -0.05) is 12.1 Å². The van der Waals surface area contributed by atoms with Crippen LogP contribution in [0.5, 0.6) is 0 Å². The molecule has 7 nitrogen and oxygen atoms in total. The molecule has 0 bridgehead atoms. The highest BCUT2D eigenvalue weighted by molar-refractivity contribution is 6.05. The number of fused-ring (bicyclic) bond motifs is 1. The Balaban J connectivity index is 1.43. The minimum Gasteiger partial charge on any atom is -0.322 e. The van der Waals surface area contributed by atoms with Crippen molar-refractivity contribution in [2.45, 2.75) is 63.8 Å². The number of rotatable bonds is 4. The monoisotopic (exact) mass is 370 g/mol. The molecule has 144 valence electrons. The molecule has 0 spiro atoms. The van der Waals surface area contributed by atoms with E-state index < -0.39 is 6.04 Å². The molecule has 4 rings (SSSR count). The molecule has 3 heterocycles. The Labute approximate surface area is 158 Å². The van der Waals surface area contributed by atoms with Gasteiger partial charge in [-0.15, -0.1) is 0 Å². The predicted molar refractivity (Wildman–Crippen MR) is 99.8 cm³/mol. The number of hydrogen-bond donors (Lipinski definition) is 3. The number of benzene rings is 1. The van der Waals surface area contributed by atoms with Gasteiger partial charge in [0.25, 0.3) is 5.91 Å². The van der Waals surface area contributed by atoms with Crippen LogP contribution in [-0.2, 0) is 22.7 Å². The Morgan fingerprint density at radius 2 is 2.07 bits per heavy atom. The van der Waals surface area contributed by atoms with Gasteiger partial charge in [0.05, 0.1) is 0 Å². The Hall–Kier alpha value is -2.25. The van der Waals surface area contributed by atoms with Gasteiger partial charge < -0.3 is 15.5 Å². The second-order valence-corrected chi connectivity index (χ2v) is 7.76. The number of carbonyl (C=O) groups is 3. The molecule has 2 saturated heterocycles. The van der Waals surface area contributed by atoms with Gasteiger partial charge in [-0.05, 0) is 49.9 Å². The van der Waals surface area contributed by atoms with Gasteiger partial charge in [-0.3, -0.25) is 19.7 Å². The van der Waals surface area contributed by atoms with E-state index >= 15 is 0 Å². The molecule has 3 atom stereocenters. The molecule has 0 aromatic heterocycles. The zero-order valence-electron chi connectivity index (χ0n) is 15.6. The summed E-state index contributed by atoms with van der Waals surface area (Å²) in [5.74, 6) is -0.752. The summed E-state index contributed by atoms with van der Waals surface area (Å²) in [5.41, 5.74) is 2.76. The van der Waals surface area contributed by atoms with Gasteiger partial charge in [0.15, 0.2) is 0 Å². The summed E-state index contributed by atoms with van der Waals surface area (Å²) < 4.78 is 0. The summed E-state index contributed by atoms with van der Waals surface area (Å²) in [4.78, 5) is 37.8. The third-order valence-electron chi connectivity index (χ3n) is 5.92. The Bertz CT molecular complexity index is 778. The Morgan fingerprint density at radius 1 is 1.22 bits per heavy atom. The predicted octanol–water partition coefficient (Wildman–Crippen LogP) is 0.678. The maximum atomic E-state index is 12.7.